The van der Waals surface area contributed by atoms with Gasteiger partial charge in [-0.05, 0) is 104 Å². The largest absolute Gasteiger partial charge is 0.481 e. The summed E-state index contributed by atoms with van der Waals surface area (Å²) in [6.45, 7) is 20.8. The number of fused-ring (bicyclic) bond motifs is 7. The van der Waals surface area contributed by atoms with E-state index in [0.29, 0.717) is 37.5 Å². The van der Waals surface area contributed by atoms with Crippen LogP contribution < -0.4 is 0 Å². The van der Waals surface area contributed by atoms with Crippen LogP contribution in [0.5, 0.6) is 0 Å². The third-order valence-electron chi connectivity index (χ3n) is 15.8. The quantitative estimate of drug-likeness (QED) is 0.116. The van der Waals surface area contributed by atoms with Crippen molar-refractivity contribution in [1.29, 1.82) is 0 Å². The Labute approximate surface area is 294 Å². The van der Waals surface area contributed by atoms with Gasteiger partial charge in [0, 0.05) is 18.9 Å². The maximum Gasteiger partial charge on any atom is 0.336 e. The number of hydrogen-bond donors (Lipinski definition) is 4. The first-order chi connectivity index (χ1) is 22.6. The molecule has 49 heavy (non-hydrogen) atoms. The Morgan fingerprint density at radius 2 is 1.67 bits per heavy atom. The van der Waals surface area contributed by atoms with Gasteiger partial charge in [-0.3, -0.25) is 4.79 Å². The number of carboxylic acids is 1. The van der Waals surface area contributed by atoms with E-state index >= 15 is 0 Å². The molecule has 4 fully saturated rings. The molecule has 0 amide bonds. The number of esters is 1. The Bertz CT molecular complexity index is 1400. The number of allylic oxidation sites excluding steroid dienone is 3. The number of rotatable bonds is 9. The van der Waals surface area contributed by atoms with Crippen molar-refractivity contribution in [3.05, 3.63) is 36.0 Å². The molecule has 0 bridgehead atoms. The zero-order chi connectivity index (χ0) is 36.6. The summed E-state index contributed by atoms with van der Waals surface area (Å²) < 4.78 is 11.6. The van der Waals surface area contributed by atoms with E-state index in [9.17, 15) is 30.0 Å². The van der Waals surface area contributed by atoms with Crippen LogP contribution in [0.3, 0.4) is 0 Å². The summed E-state index contributed by atoms with van der Waals surface area (Å²) in [6, 6.07) is 0. The first kappa shape index (κ1) is 38.2. The Morgan fingerprint density at radius 3 is 2.27 bits per heavy atom. The fourth-order valence-corrected chi connectivity index (χ4v) is 12.1. The predicted octanol–water partition coefficient (Wildman–Crippen LogP) is 7.02. The average molecular weight is 685 g/mol. The topological polar surface area (TPSA) is 134 Å². The first-order valence-electron chi connectivity index (χ1n) is 18.6. The molecule has 0 aromatic carbocycles. The molecule has 0 aromatic heterocycles. The van der Waals surface area contributed by atoms with Crippen LogP contribution in [0.1, 0.15) is 120 Å². The van der Waals surface area contributed by atoms with E-state index in [-0.39, 0.29) is 34.3 Å². The van der Waals surface area contributed by atoms with Gasteiger partial charge in [0.05, 0.1) is 30.0 Å². The molecule has 0 heterocycles. The van der Waals surface area contributed by atoms with Crippen molar-refractivity contribution in [2.75, 3.05) is 13.7 Å². The third-order valence-corrected chi connectivity index (χ3v) is 15.8. The minimum Gasteiger partial charge on any atom is -0.481 e. The number of ether oxygens (including phenoxy) is 2. The zero-order valence-electron chi connectivity index (χ0n) is 31.6. The van der Waals surface area contributed by atoms with Gasteiger partial charge in [0.25, 0.3) is 0 Å². The highest BCUT2D eigenvalue weighted by Crippen LogP contribution is 2.75. The molecule has 0 aliphatic heterocycles. The maximum absolute atomic E-state index is 13.5. The highest BCUT2D eigenvalue weighted by atomic mass is 16.5. The number of carbonyl (C=O) groups is 2. The van der Waals surface area contributed by atoms with Crippen LogP contribution in [0.2, 0.25) is 0 Å². The second kappa shape index (κ2) is 12.6. The van der Waals surface area contributed by atoms with Crippen molar-refractivity contribution >= 4 is 11.9 Å². The van der Waals surface area contributed by atoms with Gasteiger partial charge in [0.1, 0.15) is 11.5 Å². The Kier molecular flexibility index (Phi) is 9.83. The van der Waals surface area contributed by atoms with Crippen LogP contribution in [-0.4, -0.2) is 70.0 Å². The molecule has 5 aliphatic carbocycles. The van der Waals surface area contributed by atoms with E-state index in [2.05, 4.69) is 47.3 Å². The van der Waals surface area contributed by atoms with E-state index < -0.39 is 58.5 Å². The van der Waals surface area contributed by atoms with Crippen LogP contribution in [0, 0.1) is 50.2 Å². The minimum atomic E-state index is -1.50. The first-order valence-corrected chi connectivity index (χ1v) is 18.6. The van der Waals surface area contributed by atoms with Crippen LogP contribution in [0.15, 0.2) is 36.0 Å². The number of carbonyl (C=O) groups excluding carboxylic acids is 1. The summed E-state index contributed by atoms with van der Waals surface area (Å²) in [6.07, 6.45) is 9.91. The molecule has 0 spiro atoms. The van der Waals surface area contributed by atoms with E-state index in [4.69, 9.17) is 9.47 Å². The lowest BCUT2D eigenvalue weighted by atomic mass is 9.33. The Balaban J connectivity index is 1.47. The highest BCUT2D eigenvalue weighted by Gasteiger charge is 2.72. The molecule has 4 N–H and O–H groups in total. The molecular weight excluding hydrogens is 620 g/mol. The summed E-state index contributed by atoms with van der Waals surface area (Å²) in [5.74, 6) is -1.37. The second-order valence-electron chi connectivity index (χ2n) is 18.7. The molecule has 0 radical (unpaired) electrons. The van der Waals surface area contributed by atoms with Crippen molar-refractivity contribution < 1.29 is 39.5 Å². The molecule has 5 rings (SSSR count). The lowest BCUT2D eigenvalue weighted by Crippen LogP contribution is -2.68. The second-order valence-corrected chi connectivity index (χ2v) is 18.7. The van der Waals surface area contributed by atoms with E-state index in [1.165, 1.54) is 0 Å². The van der Waals surface area contributed by atoms with Crippen LogP contribution >= 0.6 is 0 Å². The van der Waals surface area contributed by atoms with Crippen molar-refractivity contribution in [3.63, 3.8) is 0 Å². The summed E-state index contributed by atoms with van der Waals surface area (Å²) in [7, 11) is 1.60. The van der Waals surface area contributed by atoms with Gasteiger partial charge in [0.2, 0.25) is 0 Å². The van der Waals surface area contributed by atoms with Crippen LogP contribution in [0.4, 0.5) is 0 Å². The van der Waals surface area contributed by atoms with Crippen molar-refractivity contribution in [1.82, 2.24) is 0 Å². The number of hydrogen-bond acceptors (Lipinski definition) is 7. The molecule has 8 heteroatoms. The summed E-state index contributed by atoms with van der Waals surface area (Å²) >= 11 is 0. The molecule has 0 aromatic rings. The van der Waals surface area contributed by atoms with Gasteiger partial charge in [-0.1, -0.05) is 72.3 Å². The van der Waals surface area contributed by atoms with Gasteiger partial charge in [-0.2, -0.15) is 0 Å². The third kappa shape index (κ3) is 5.61. The van der Waals surface area contributed by atoms with E-state index in [1.54, 1.807) is 19.3 Å². The van der Waals surface area contributed by atoms with Gasteiger partial charge in [-0.15, -0.1) is 6.58 Å². The van der Waals surface area contributed by atoms with Crippen molar-refractivity contribution in [2.24, 2.45) is 50.2 Å². The highest BCUT2D eigenvalue weighted by molar-refractivity contribution is 5.89. The Morgan fingerprint density at radius 1 is 1.00 bits per heavy atom. The monoisotopic (exact) mass is 684 g/mol. The predicted molar refractivity (Wildman–Crippen MR) is 189 cm³/mol. The Hall–Kier alpha value is -2.00. The molecule has 0 unspecified atom stereocenters. The molecule has 8 nitrogen and oxygen atoms in total. The lowest BCUT2D eigenvalue weighted by molar-refractivity contribution is -0.227. The number of aliphatic carboxylic acids is 1. The van der Waals surface area contributed by atoms with E-state index in [0.717, 1.165) is 37.7 Å². The van der Waals surface area contributed by atoms with Crippen molar-refractivity contribution in [3.8, 4) is 0 Å². The van der Waals surface area contributed by atoms with Crippen LogP contribution in [-0.2, 0) is 19.1 Å². The normalized spacial score (nSPS) is 43.8. The SMILES string of the molecule is C=C[C@@](C)(CC/C=C(/CO)C(=O)O[C@H]1C[C@]2(C(=O)O)[C@H](O)C[C@]3(C)C(=CC[C@@H]4[C@@]5(C)CC[C@H](O)C(C)(C)[C@@H]5CC[C@]43C)[C@@H]2CC1(C)C)OC. The molecule has 0 saturated heterocycles. The fraction of sp³-hybridized carbons (Fsp3) is 0.805. The molecule has 5 aliphatic rings. The standard InChI is InChI=1S/C41H64O8/c1-11-37(6,48-10)18-12-13-25(24-42)33(45)49-32-23-41(34(46)47)27(21-35(32,2)3)26-14-15-29-38(7)19-17-30(43)36(4,5)28(38)16-20-39(29,8)40(26,9)22-31(41)44/h11,13-14,27-32,42-44H,1,12,15-24H2,2-10H3,(H,46,47)/b25-13-/t27-,28-,29+,30-,31+,32-,37-,38-,39+,40+,41+/m0/s1. The maximum atomic E-state index is 13.5. The van der Waals surface area contributed by atoms with Crippen LogP contribution in [0.25, 0.3) is 0 Å². The summed E-state index contributed by atoms with van der Waals surface area (Å²) in [5, 5.41) is 44.4. The van der Waals surface area contributed by atoms with Gasteiger partial charge >= 0.3 is 11.9 Å². The van der Waals surface area contributed by atoms with Crippen molar-refractivity contribution in [2.45, 2.75) is 144 Å². The summed E-state index contributed by atoms with van der Waals surface area (Å²) in [4.78, 5) is 27.0. The minimum absolute atomic E-state index is 0.00323. The van der Waals surface area contributed by atoms with Gasteiger partial charge in [-0.25, -0.2) is 4.79 Å². The summed E-state index contributed by atoms with van der Waals surface area (Å²) in [5.41, 5.74) is -2.06. The molecule has 11 atom stereocenters. The smallest absolute Gasteiger partial charge is 0.336 e. The van der Waals surface area contributed by atoms with E-state index in [1.807, 2.05) is 20.8 Å². The fourth-order valence-electron chi connectivity index (χ4n) is 12.1. The lowest BCUT2D eigenvalue weighted by Gasteiger charge is -2.71. The number of aliphatic hydroxyl groups excluding tert-OH is 3. The number of aliphatic hydroxyl groups is 3. The van der Waals surface area contributed by atoms with Gasteiger partial charge < -0.3 is 29.9 Å². The molecule has 4 saturated carbocycles. The average Bonchev–Trinajstić information content (AvgIpc) is 3.02. The number of carboxylic acid groups (broad SMARTS) is 1. The zero-order valence-corrected chi connectivity index (χ0v) is 31.6. The van der Waals surface area contributed by atoms with Gasteiger partial charge in [0.15, 0.2) is 0 Å². The molecular formula is C41H64O8. The number of methoxy groups -OCH3 is 1. The molecule has 276 valence electrons.